The van der Waals surface area contributed by atoms with Crippen LogP contribution in [0.2, 0.25) is 0 Å². The molecule has 1 N–H and O–H groups in total. The molecule has 0 saturated carbocycles. The monoisotopic (exact) mass is 517 g/mol. The van der Waals surface area contributed by atoms with Crippen LogP contribution in [-0.2, 0) is 7.05 Å². The number of benzene rings is 3. The van der Waals surface area contributed by atoms with Gasteiger partial charge in [-0.1, -0.05) is 12.1 Å². The zero-order valence-corrected chi connectivity index (χ0v) is 22.4. The van der Waals surface area contributed by atoms with Crippen LogP contribution in [0.1, 0.15) is 27.0 Å². The van der Waals surface area contributed by atoms with Crippen LogP contribution in [0.4, 0.5) is 11.6 Å². The summed E-state index contributed by atoms with van der Waals surface area (Å²) in [7, 11) is 5.35. The van der Waals surface area contributed by atoms with E-state index in [0.29, 0.717) is 39.9 Å². The van der Waals surface area contributed by atoms with Gasteiger partial charge in [0, 0.05) is 32.4 Å². The van der Waals surface area contributed by atoms with E-state index in [4.69, 9.17) is 10.00 Å². The van der Waals surface area contributed by atoms with Gasteiger partial charge in [0.1, 0.15) is 5.75 Å². The zero-order valence-electron chi connectivity index (χ0n) is 22.4. The lowest BCUT2D eigenvalue weighted by Crippen LogP contribution is -2.21. The van der Waals surface area contributed by atoms with Crippen LogP contribution in [0.5, 0.6) is 11.6 Å². The first kappa shape index (κ1) is 25.4. The molecule has 0 aliphatic carbocycles. The number of anilines is 2. The average Bonchev–Trinajstić information content (AvgIpc) is 3.31. The highest BCUT2D eigenvalue weighted by Crippen LogP contribution is 2.35. The minimum absolute atomic E-state index is 0.0305. The Balaban J connectivity index is 1.47. The molecule has 9 heteroatoms. The molecule has 9 nitrogen and oxygen atoms in total. The number of nitrogens with one attached hydrogen (secondary N) is 1. The van der Waals surface area contributed by atoms with Crippen molar-refractivity contribution in [2.75, 3.05) is 19.4 Å². The largest absolute Gasteiger partial charge is 0.436 e. The van der Waals surface area contributed by atoms with E-state index in [-0.39, 0.29) is 5.91 Å². The molecule has 0 atom stereocenters. The van der Waals surface area contributed by atoms with Gasteiger partial charge in [-0.15, -0.1) is 0 Å². The van der Waals surface area contributed by atoms with Gasteiger partial charge in [-0.05, 0) is 84.6 Å². The maximum Gasteiger partial charge on any atom is 0.253 e. The number of ether oxygens (including phenoxy) is 1. The van der Waals surface area contributed by atoms with Gasteiger partial charge in [0.05, 0.1) is 18.0 Å². The smallest absolute Gasteiger partial charge is 0.253 e. The second kappa shape index (κ2) is 10.3. The number of aromatic nitrogens is 4. The Morgan fingerprint density at radius 2 is 1.64 bits per heavy atom. The molecule has 5 aromatic rings. The molecule has 0 spiro atoms. The van der Waals surface area contributed by atoms with Crippen LogP contribution >= 0.6 is 0 Å². The first-order valence-corrected chi connectivity index (χ1v) is 12.3. The van der Waals surface area contributed by atoms with Crippen molar-refractivity contribution in [3.63, 3.8) is 0 Å². The van der Waals surface area contributed by atoms with E-state index in [0.717, 1.165) is 27.9 Å². The normalized spacial score (nSPS) is 10.8. The molecule has 0 unspecified atom stereocenters. The highest BCUT2D eigenvalue weighted by molar-refractivity contribution is 5.94. The summed E-state index contributed by atoms with van der Waals surface area (Å²) in [4.78, 5) is 27.4. The molecule has 1 amide bonds. The zero-order chi connectivity index (χ0) is 27.7. The van der Waals surface area contributed by atoms with E-state index >= 15 is 0 Å². The molecule has 0 saturated heterocycles. The van der Waals surface area contributed by atoms with Gasteiger partial charge in [0.15, 0.2) is 11.2 Å². The standard InChI is InChI=1S/C30H27N7O2/c1-18-14-23(21-8-10-22(11-9-21)29(38)36(3)4)15-19(2)26(18)39-28-25-27(32-17-37(25)5)34-30(35-28)33-24-12-6-20(16-31)7-13-24/h6-15,17H,1-5H3,(H,33,34,35). The number of imidazole rings is 1. The van der Waals surface area contributed by atoms with E-state index in [1.165, 1.54) is 0 Å². The number of carbonyl (C=O) groups excluding carboxylic acids is 1. The Hall–Kier alpha value is -5.23. The lowest BCUT2D eigenvalue weighted by atomic mass is 9.98. The summed E-state index contributed by atoms with van der Waals surface area (Å²) in [6.45, 7) is 3.99. The maximum absolute atomic E-state index is 12.2. The van der Waals surface area contributed by atoms with Gasteiger partial charge in [-0.3, -0.25) is 4.79 Å². The molecule has 0 aliphatic heterocycles. The van der Waals surface area contributed by atoms with E-state index in [1.807, 2.05) is 49.7 Å². The molecule has 2 aromatic heterocycles. The lowest BCUT2D eigenvalue weighted by Gasteiger charge is -2.15. The molecular formula is C30H27N7O2. The van der Waals surface area contributed by atoms with Crippen LogP contribution in [0.15, 0.2) is 67.0 Å². The van der Waals surface area contributed by atoms with E-state index in [2.05, 4.69) is 38.5 Å². The number of fused-ring (bicyclic) bond motifs is 1. The summed E-state index contributed by atoms with van der Waals surface area (Å²) >= 11 is 0. The van der Waals surface area contributed by atoms with Crippen molar-refractivity contribution >= 4 is 28.7 Å². The number of amides is 1. The fourth-order valence-corrected chi connectivity index (χ4v) is 4.34. The molecule has 2 heterocycles. The van der Waals surface area contributed by atoms with Crippen molar-refractivity contribution in [2.24, 2.45) is 7.05 Å². The van der Waals surface area contributed by atoms with E-state index < -0.39 is 0 Å². The number of nitrogens with zero attached hydrogens (tertiary/aromatic N) is 6. The SMILES string of the molecule is Cc1cc(-c2ccc(C(=O)N(C)C)cc2)cc(C)c1Oc1nc(Nc2ccc(C#N)cc2)nc2ncn(C)c12. The molecule has 0 bridgehead atoms. The Labute approximate surface area is 226 Å². The third-order valence-corrected chi connectivity index (χ3v) is 6.34. The average molecular weight is 518 g/mol. The van der Waals surface area contributed by atoms with Crippen molar-refractivity contribution < 1.29 is 9.53 Å². The number of rotatable bonds is 6. The van der Waals surface area contributed by atoms with Crippen LogP contribution in [-0.4, -0.2) is 44.4 Å². The molecule has 0 aliphatic rings. The van der Waals surface area contributed by atoms with Gasteiger partial charge in [-0.2, -0.15) is 15.2 Å². The van der Waals surface area contributed by atoms with Gasteiger partial charge in [0.25, 0.3) is 11.8 Å². The summed E-state index contributed by atoms with van der Waals surface area (Å²) in [6.07, 6.45) is 1.67. The maximum atomic E-state index is 12.2. The Kier molecular flexibility index (Phi) is 6.69. The molecule has 39 heavy (non-hydrogen) atoms. The fourth-order valence-electron chi connectivity index (χ4n) is 4.34. The molecule has 3 aromatic carbocycles. The van der Waals surface area contributed by atoms with Crippen LogP contribution < -0.4 is 10.1 Å². The molecule has 0 radical (unpaired) electrons. The predicted molar refractivity (Wildman–Crippen MR) is 150 cm³/mol. The van der Waals surface area contributed by atoms with Crippen LogP contribution in [0.25, 0.3) is 22.3 Å². The van der Waals surface area contributed by atoms with Crippen molar-refractivity contribution in [1.82, 2.24) is 24.4 Å². The van der Waals surface area contributed by atoms with Gasteiger partial charge in [-0.25, -0.2) is 4.98 Å². The second-order valence-corrected chi connectivity index (χ2v) is 9.51. The summed E-state index contributed by atoms with van der Waals surface area (Å²) in [6, 6.07) is 20.9. The summed E-state index contributed by atoms with van der Waals surface area (Å²) in [5.41, 5.74) is 7.03. The quantitative estimate of drug-likeness (QED) is 0.305. The third kappa shape index (κ3) is 5.13. The minimum Gasteiger partial charge on any atom is -0.436 e. The Morgan fingerprint density at radius 1 is 0.974 bits per heavy atom. The third-order valence-electron chi connectivity index (χ3n) is 6.34. The van der Waals surface area contributed by atoms with E-state index in [9.17, 15) is 4.79 Å². The number of nitriles is 1. The van der Waals surface area contributed by atoms with Gasteiger partial charge in [0.2, 0.25) is 5.95 Å². The first-order chi connectivity index (χ1) is 18.7. The van der Waals surface area contributed by atoms with Crippen molar-refractivity contribution in [3.05, 3.63) is 89.2 Å². The molecule has 194 valence electrons. The summed E-state index contributed by atoms with van der Waals surface area (Å²) < 4.78 is 8.26. The Morgan fingerprint density at radius 3 is 2.26 bits per heavy atom. The van der Waals surface area contributed by atoms with Crippen molar-refractivity contribution in [2.45, 2.75) is 13.8 Å². The van der Waals surface area contributed by atoms with Crippen LogP contribution in [0.3, 0.4) is 0 Å². The van der Waals surface area contributed by atoms with Crippen LogP contribution in [0, 0.1) is 25.2 Å². The van der Waals surface area contributed by atoms with Gasteiger partial charge < -0.3 is 19.5 Å². The molecule has 0 fully saturated rings. The highest BCUT2D eigenvalue weighted by atomic mass is 16.5. The van der Waals surface area contributed by atoms with E-state index in [1.54, 1.807) is 49.6 Å². The highest BCUT2D eigenvalue weighted by Gasteiger charge is 2.18. The molecule has 5 rings (SSSR count). The number of carbonyl (C=O) groups is 1. The predicted octanol–water partition coefficient (Wildman–Crippen LogP) is 5.76. The molecular weight excluding hydrogens is 490 g/mol. The topological polar surface area (TPSA) is 109 Å². The number of hydrogen-bond acceptors (Lipinski definition) is 7. The van der Waals surface area contributed by atoms with Gasteiger partial charge >= 0.3 is 0 Å². The summed E-state index contributed by atoms with van der Waals surface area (Å²) in [5, 5.41) is 12.2. The second-order valence-electron chi connectivity index (χ2n) is 9.51. The lowest BCUT2D eigenvalue weighted by molar-refractivity contribution is 0.0827. The first-order valence-electron chi connectivity index (χ1n) is 12.3. The Bertz CT molecular complexity index is 1710. The number of aryl methyl sites for hydroxylation is 3. The fraction of sp³-hybridized carbons (Fsp3) is 0.167. The van der Waals surface area contributed by atoms with Crippen molar-refractivity contribution in [1.29, 1.82) is 5.26 Å². The van der Waals surface area contributed by atoms with Crippen molar-refractivity contribution in [3.8, 4) is 28.8 Å². The minimum atomic E-state index is -0.0305. The summed E-state index contributed by atoms with van der Waals surface area (Å²) in [5.74, 6) is 1.38. The number of hydrogen-bond donors (Lipinski definition) is 1.